The van der Waals surface area contributed by atoms with E-state index in [0.29, 0.717) is 0 Å². The van der Waals surface area contributed by atoms with Crippen molar-refractivity contribution in [3.05, 3.63) is 83.6 Å². The summed E-state index contributed by atoms with van der Waals surface area (Å²) in [7, 11) is 0. The lowest BCUT2D eigenvalue weighted by atomic mass is 10.0. The number of ether oxygens (including phenoxy) is 1. The Kier molecular flexibility index (Phi) is 7.50. The van der Waals surface area contributed by atoms with Crippen LogP contribution in [0, 0.1) is 0 Å². The van der Waals surface area contributed by atoms with E-state index in [1.807, 2.05) is 48.7 Å². The van der Waals surface area contributed by atoms with Gasteiger partial charge in [-0.2, -0.15) is 0 Å². The third-order valence-corrected chi connectivity index (χ3v) is 6.16. The van der Waals surface area contributed by atoms with E-state index in [2.05, 4.69) is 23.2 Å². The number of nitrogens with one attached hydrogen (secondary N) is 1. The lowest BCUT2D eigenvalue weighted by Crippen LogP contribution is -1.90. The number of para-hydroxylation sites is 1. The van der Waals surface area contributed by atoms with Crippen LogP contribution in [-0.4, -0.2) is 28.4 Å². The summed E-state index contributed by atoms with van der Waals surface area (Å²) in [5.41, 5.74) is 6.81. The Balaban J connectivity index is 0.000000165. The summed E-state index contributed by atoms with van der Waals surface area (Å²) in [4.78, 5) is 4.19. The van der Waals surface area contributed by atoms with Gasteiger partial charge in [-0.05, 0) is 76.9 Å². The molecule has 6 heteroatoms. The number of aryl methyl sites for hydroxylation is 1. The highest BCUT2D eigenvalue weighted by Crippen LogP contribution is 2.38. The number of aromatic amines is 1. The fourth-order valence-electron chi connectivity index (χ4n) is 3.98. The predicted molar refractivity (Wildman–Crippen MR) is 131 cm³/mol. The number of aromatic nitrogens is 1. The van der Waals surface area contributed by atoms with Gasteiger partial charge in [0.15, 0.2) is 0 Å². The molecule has 0 spiro atoms. The fourth-order valence-corrected chi connectivity index (χ4v) is 4.48. The molecule has 0 aliphatic carbocycles. The Morgan fingerprint density at radius 1 is 1.00 bits per heavy atom. The average Bonchev–Trinajstić information content (AvgIpc) is 3.49. The number of fused-ring (bicyclic) bond motifs is 2. The Hall–Kier alpha value is -2.77. The minimum absolute atomic E-state index is 0.0559. The quantitative estimate of drug-likeness (QED) is 0.317. The van der Waals surface area contributed by atoms with Gasteiger partial charge in [0.1, 0.15) is 5.75 Å². The van der Waals surface area contributed by atoms with E-state index in [-0.39, 0.29) is 13.2 Å². The molecule has 1 aromatic heterocycles. The Morgan fingerprint density at radius 3 is 2.69 bits per heavy atom. The number of aliphatic hydroxyl groups is 2. The Labute approximate surface area is 192 Å². The summed E-state index contributed by atoms with van der Waals surface area (Å²) in [6, 6.07) is 20.4. The molecule has 5 rings (SSSR count). The summed E-state index contributed by atoms with van der Waals surface area (Å²) < 4.78 is 5.62. The minimum Gasteiger partial charge on any atom is -0.492 e. The molecule has 3 aromatic carbocycles. The Bertz CT molecular complexity index is 1190. The molecule has 0 amide bonds. The summed E-state index contributed by atoms with van der Waals surface area (Å²) in [5, 5.41) is 24.9. The molecule has 0 unspecified atom stereocenters. The average molecular weight is 449 g/mol. The highest BCUT2D eigenvalue weighted by atomic mass is 32.2. The van der Waals surface area contributed by atoms with Crippen molar-refractivity contribution in [2.24, 2.45) is 5.14 Å². The number of H-pyrrole nitrogens is 1. The molecule has 5 nitrogen and oxygen atoms in total. The zero-order valence-electron chi connectivity index (χ0n) is 17.9. The number of nitrogens with two attached hydrogens (primary N) is 1. The Morgan fingerprint density at radius 2 is 1.88 bits per heavy atom. The van der Waals surface area contributed by atoms with Gasteiger partial charge in [0, 0.05) is 30.1 Å². The van der Waals surface area contributed by atoms with Crippen molar-refractivity contribution >= 4 is 22.9 Å². The predicted octanol–water partition coefficient (Wildman–Crippen LogP) is 4.84. The topological polar surface area (TPSA) is 91.5 Å². The van der Waals surface area contributed by atoms with Gasteiger partial charge >= 0.3 is 0 Å². The second kappa shape index (κ2) is 10.7. The molecular formula is C26H28N2O3S. The first-order valence-electron chi connectivity index (χ1n) is 10.8. The van der Waals surface area contributed by atoms with Crippen LogP contribution in [0.25, 0.3) is 22.0 Å². The van der Waals surface area contributed by atoms with Crippen LogP contribution in [0.4, 0.5) is 0 Å². The van der Waals surface area contributed by atoms with Crippen LogP contribution < -0.4 is 9.88 Å². The molecule has 166 valence electrons. The molecule has 1 aliphatic rings. The van der Waals surface area contributed by atoms with E-state index in [4.69, 9.17) is 15.0 Å². The van der Waals surface area contributed by atoms with Crippen LogP contribution in [0.3, 0.4) is 0 Å². The summed E-state index contributed by atoms with van der Waals surface area (Å²) in [5.74, 6) is 0.926. The van der Waals surface area contributed by atoms with Crippen molar-refractivity contribution in [2.45, 2.75) is 30.8 Å². The number of rotatable bonds is 6. The van der Waals surface area contributed by atoms with Gasteiger partial charge in [-0.3, -0.25) is 5.14 Å². The van der Waals surface area contributed by atoms with Crippen molar-refractivity contribution in [3.8, 4) is 16.9 Å². The van der Waals surface area contributed by atoms with Crippen LogP contribution in [0.2, 0.25) is 0 Å². The van der Waals surface area contributed by atoms with Crippen LogP contribution in [0.15, 0.2) is 71.8 Å². The minimum atomic E-state index is 0.0559. The first-order valence-corrected chi connectivity index (χ1v) is 11.6. The van der Waals surface area contributed by atoms with Crippen molar-refractivity contribution in [3.63, 3.8) is 0 Å². The molecule has 0 atom stereocenters. The highest BCUT2D eigenvalue weighted by Gasteiger charge is 2.18. The molecular weight excluding hydrogens is 420 g/mol. The lowest BCUT2D eigenvalue weighted by Gasteiger charge is -2.10. The van der Waals surface area contributed by atoms with Crippen molar-refractivity contribution in [1.82, 2.24) is 4.98 Å². The number of benzene rings is 3. The van der Waals surface area contributed by atoms with Gasteiger partial charge < -0.3 is 19.9 Å². The zero-order valence-corrected chi connectivity index (χ0v) is 18.7. The molecule has 4 aromatic rings. The maximum Gasteiger partial charge on any atom is 0.137 e. The van der Waals surface area contributed by atoms with Crippen LogP contribution in [0.1, 0.15) is 23.1 Å². The van der Waals surface area contributed by atoms with E-state index < -0.39 is 0 Å². The lowest BCUT2D eigenvalue weighted by molar-refractivity contribution is 0.282. The zero-order chi connectivity index (χ0) is 22.3. The molecule has 2 heterocycles. The molecule has 5 N–H and O–H groups in total. The summed E-state index contributed by atoms with van der Waals surface area (Å²) >= 11 is 1.22. The number of hydrogen-bond acceptors (Lipinski definition) is 5. The van der Waals surface area contributed by atoms with Gasteiger partial charge in [0.2, 0.25) is 0 Å². The third-order valence-electron chi connectivity index (χ3n) is 5.60. The number of hydrogen-bond donors (Lipinski definition) is 4. The van der Waals surface area contributed by atoms with Gasteiger partial charge in [-0.25, -0.2) is 0 Å². The molecule has 0 bridgehead atoms. The smallest absolute Gasteiger partial charge is 0.137 e. The maximum absolute atomic E-state index is 9.22. The van der Waals surface area contributed by atoms with Gasteiger partial charge in [0.05, 0.1) is 18.1 Å². The molecule has 1 aliphatic heterocycles. The molecule has 0 fully saturated rings. The van der Waals surface area contributed by atoms with Gasteiger partial charge in [0.25, 0.3) is 0 Å². The molecule has 0 saturated carbocycles. The van der Waals surface area contributed by atoms with Crippen LogP contribution >= 0.6 is 11.9 Å². The van der Waals surface area contributed by atoms with Crippen LogP contribution in [-0.2, 0) is 19.4 Å². The van der Waals surface area contributed by atoms with E-state index in [9.17, 15) is 5.11 Å². The van der Waals surface area contributed by atoms with E-state index in [1.165, 1.54) is 34.0 Å². The largest absolute Gasteiger partial charge is 0.492 e. The standard InChI is InChI=1S/C15H15NO2S.C11H13NO/c16-19-14-8-13(7-12-4-5-18-15(12)14)11-3-1-2-10(6-11)9-17;13-7-3-4-9-8-12-11-6-2-1-5-10(9)11/h1-3,6-8,17H,4-5,9,16H2;1-2,5-6,8,12-13H,3-4,7H2. The normalized spacial score (nSPS) is 12.2. The van der Waals surface area contributed by atoms with Crippen molar-refractivity contribution < 1.29 is 14.9 Å². The maximum atomic E-state index is 9.22. The summed E-state index contributed by atoms with van der Waals surface area (Å²) in [6.45, 7) is 1.04. The van der Waals surface area contributed by atoms with Gasteiger partial charge in [-0.1, -0.05) is 36.4 Å². The molecule has 0 saturated heterocycles. The fraction of sp³-hybridized carbons (Fsp3) is 0.231. The second-order valence-corrected chi connectivity index (χ2v) is 8.40. The first kappa shape index (κ1) is 22.4. The van der Waals surface area contributed by atoms with Crippen molar-refractivity contribution in [2.75, 3.05) is 13.2 Å². The van der Waals surface area contributed by atoms with E-state index in [1.54, 1.807) is 0 Å². The number of aliphatic hydroxyl groups excluding tert-OH is 2. The summed E-state index contributed by atoms with van der Waals surface area (Å²) in [6.07, 6.45) is 4.74. The highest BCUT2D eigenvalue weighted by molar-refractivity contribution is 7.97. The second-order valence-electron chi connectivity index (χ2n) is 7.72. The first-order chi connectivity index (χ1) is 15.7. The van der Waals surface area contributed by atoms with Crippen molar-refractivity contribution in [1.29, 1.82) is 0 Å². The van der Waals surface area contributed by atoms with E-state index >= 15 is 0 Å². The SMILES string of the molecule is NSc1cc(-c2cccc(CO)c2)cc2c1OCC2.OCCCc1c[nH]c2ccccc12. The monoisotopic (exact) mass is 448 g/mol. The van der Waals surface area contributed by atoms with Crippen LogP contribution in [0.5, 0.6) is 5.75 Å². The molecule has 32 heavy (non-hydrogen) atoms. The molecule has 0 radical (unpaired) electrons. The third kappa shape index (κ3) is 5.00. The van der Waals surface area contributed by atoms with E-state index in [0.717, 1.165) is 53.2 Å². The van der Waals surface area contributed by atoms with Gasteiger partial charge in [-0.15, -0.1) is 0 Å².